The lowest BCUT2D eigenvalue weighted by Gasteiger charge is -2.37. The number of hydrogen-bond acceptors (Lipinski definition) is 16. The van der Waals surface area contributed by atoms with Crippen LogP contribution < -0.4 is 9.80 Å². The maximum atomic E-state index is 14.3. The molecule has 6 rings (SSSR count). The predicted octanol–water partition coefficient (Wildman–Crippen LogP) is 3.35. The standard InChI is InChI=1S/C41H49N3O17S3/c1-40(14-6-20-62(50,51)52)29-21-25(63(53,54)55)9-11-32(29)43(17-19-60-4)33(40)23-27-38(48)28(39(27)49)24-34-41(2,15-18-59-3)30-22-26(64(56,57)58)8-10-31(30)42(34)16-5-7-37(47)61-44-35(45)12-13-36(44)46/h8-11,21-24,33,48H,5-7,12-20H2,1-4H3,(H,50,51,52)(H,53,54,55)(H,56,57,58)/b27-23-,34-24+. The maximum Gasteiger partial charge on any atom is 0.333 e. The summed E-state index contributed by atoms with van der Waals surface area (Å²) in [6.07, 6.45) is 2.65. The Kier molecular flexibility index (Phi) is 13.7. The monoisotopic (exact) mass is 951 g/mol. The Labute approximate surface area is 370 Å². The van der Waals surface area contributed by atoms with Gasteiger partial charge < -0.3 is 29.2 Å². The largest absolute Gasteiger partial charge is 0.506 e. The van der Waals surface area contributed by atoms with Gasteiger partial charge in [0, 0.05) is 81.1 Å². The number of aliphatic hydroxyl groups is 1. The molecule has 3 unspecified atom stereocenters. The Balaban J connectivity index is 1.43. The first kappa shape index (κ1) is 48.4. The van der Waals surface area contributed by atoms with Crippen LogP contribution in [0.25, 0.3) is 0 Å². The first-order chi connectivity index (χ1) is 29.9. The van der Waals surface area contributed by atoms with Crippen LogP contribution in [0.15, 0.2) is 80.9 Å². The Morgan fingerprint density at radius 1 is 0.812 bits per heavy atom. The molecular weight excluding hydrogens is 903 g/mol. The molecular formula is C41H49N3O17S3. The summed E-state index contributed by atoms with van der Waals surface area (Å²) in [6.45, 7) is 3.95. The molecule has 1 aliphatic carbocycles. The first-order valence-corrected chi connectivity index (χ1v) is 24.5. The third-order valence-corrected chi connectivity index (χ3v) is 14.7. The number of amides is 2. The number of hydrogen-bond donors (Lipinski definition) is 4. The van der Waals surface area contributed by atoms with Crippen LogP contribution in [-0.2, 0) is 74.7 Å². The summed E-state index contributed by atoms with van der Waals surface area (Å²) >= 11 is 0. The number of fused-ring (bicyclic) bond motifs is 2. The van der Waals surface area contributed by atoms with Gasteiger partial charge in [-0.1, -0.05) is 6.92 Å². The van der Waals surface area contributed by atoms with Crippen LogP contribution in [0.1, 0.15) is 69.9 Å². The van der Waals surface area contributed by atoms with Gasteiger partial charge in [-0.3, -0.25) is 28.0 Å². The number of anilines is 2. The lowest BCUT2D eigenvalue weighted by molar-refractivity contribution is -0.197. The van der Waals surface area contributed by atoms with Gasteiger partial charge in [0.2, 0.25) is 0 Å². The van der Waals surface area contributed by atoms with Gasteiger partial charge in [0.15, 0.2) is 5.78 Å². The quantitative estimate of drug-likeness (QED) is 0.0892. The normalized spacial score (nSPS) is 23.7. The molecule has 64 heavy (non-hydrogen) atoms. The molecule has 2 aromatic rings. The number of rotatable bonds is 19. The average molecular weight is 952 g/mol. The molecule has 2 amide bonds. The molecule has 0 aromatic heterocycles. The summed E-state index contributed by atoms with van der Waals surface area (Å²) in [5.74, 6) is -3.87. The van der Waals surface area contributed by atoms with Crippen LogP contribution in [0.5, 0.6) is 0 Å². The molecule has 1 fully saturated rings. The van der Waals surface area contributed by atoms with E-state index in [1.807, 2.05) is 0 Å². The van der Waals surface area contributed by atoms with Gasteiger partial charge in [-0.25, -0.2) is 4.79 Å². The molecule has 3 atom stereocenters. The Bertz CT molecular complexity index is 2700. The zero-order chi connectivity index (χ0) is 47.2. The number of carbonyl (C=O) groups is 4. The SMILES string of the molecule is COCCN1c2ccc(S(=O)(=O)O)cc2C(C)(CCCS(=O)(=O)O)C1/C=C1\C(=O)C(/C=C2/N(CCCC(=O)ON3C(=O)CCC3=O)c3ccc(S(=O)(=O)O)cc3C2(C)CCOC)=C1O. The lowest BCUT2D eigenvalue weighted by Crippen LogP contribution is -2.44. The smallest absolute Gasteiger partial charge is 0.333 e. The highest BCUT2D eigenvalue weighted by Gasteiger charge is 2.50. The number of allylic oxidation sites excluding steroid dienone is 4. The second-order valence-electron chi connectivity index (χ2n) is 16.3. The summed E-state index contributed by atoms with van der Waals surface area (Å²) in [6, 6.07) is 7.00. The van der Waals surface area contributed by atoms with Gasteiger partial charge in [-0.2, -0.15) is 25.3 Å². The van der Waals surface area contributed by atoms with Crippen LogP contribution in [0.2, 0.25) is 0 Å². The molecule has 0 bridgehead atoms. The number of methoxy groups -OCH3 is 2. The van der Waals surface area contributed by atoms with E-state index in [1.54, 1.807) is 23.6 Å². The van der Waals surface area contributed by atoms with E-state index in [0.29, 0.717) is 33.3 Å². The molecule has 4 aliphatic rings. The van der Waals surface area contributed by atoms with Gasteiger partial charge in [0.25, 0.3) is 42.2 Å². The van der Waals surface area contributed by atoms with Crippen molar-refractivity contribution >= 4 is 65.3 Å². The molecule has 0 saturated carbocycles. The summed E-state index contributed by atoms with van der Waals surface area (Å²) in [7, 11) is -10.9. The third-order valence-electron chi connectivity index (χ3n) is 12.2. The van der Waals surface area contributed by atoms with Gasteiger partial charge in [-0.15, -0.1) is 5.06 Å². The van der Waals surface area contributed by atoms with E-state index in [9.17, 15) is 63.2 Å². The van der Waals surface area contributed by atoms with E-state index in [1.165, 1.54) is 62.8 Å². The van der Waals surface area contributed by atoms with Crippen molar-refractivity contribution in [3.8, 4) is 0 Å². The first-order valence-electron chi connectivity index (χ1n) is 20.1. The minimum Gasteiger partial charge on any atom is -0.506 e. The number of Topliss-reactive ketones (excluding diaryl/α,β-unsaturated/α-hetero) is 1. The number of carbonyl (C=O) groups excluding carboxylic acids is 4. The number of ketones is 1. The van der Waals surface area contributed by atoms with E-state index in [4.69, 9.17) is 14.3 Å². The molecule has 3 aliphatic heterocycles. The second kappa shape index (κ2) is 18.1. The fourth-order valence-electron chi connectivity index (χ4n) is 8.84. The zero-order valence-corrected chi connectivity index (χ0v) is 37.8. The Morgan fingerprint density at radius 3 is 1.97 bits per heavy atom. The molecule has 348 valence electrons. The van der Waals surface area contributed by atoms with Gasteiger partial charge in [0.1, 0.15) is 5.76 Å². The average Bonchev–Trinajstić information content (AvgIpc) is 3.74. The minimum absolute atomic E-state index is 0.0248. The number of ether oxygens (including phenoxy) is 2. The van der Waals surface area contributed by atoms with Crippen molar-refractivity contribution in [2.75, 3.05) is 56.1 Å². The molecule has 0 spiro atoms. The number of hydroxylamine groups is 2. The Morgan fingerprint density at radius 2 is 1.41 bits per heavy atom. The summed E-state index contributed by atoms with van der Waals surface area (Å²) in [5, 5.41) is 12.2. The lowest BCUT2D eigenvalue weighted by atomic mass is 9.72. The highest BCUT2D eigenvalue weighted by molar-refractivity contribution is 7.86. The number of aliphatic hydroxyl groups excluding tert-OH is 1. The van der Waals surface area contributed by atoms with Crippen molar-refractivity contribution in [2.24, 2.45) is 0 Å². The molecule has 1 saturated heterocycles. The highest BCUT2D eigenvalue weighted by atomic mass is 32.2. The molecule has 20 nitrogen and oxygen atoms in total. The minimum atomic E-state index is -4.70. The summed E-state index contributed by atoms with van der Waals surface area (Å²) in [5.41, 5.74) is -0.509. The summed E-state index contributed by atoms with van der Waals surface area (Å²) < 4.78 is 113. The van der Waals surface area contributed by atoms with Gasteiger partial charge in [-0.05, 0) is 92.3 Å². The van der Waals surface area contributed by atoms with Crippen molar-refractivity contribution in [1.29, 1.82) is 0 Å². The van der Waals surface area contributed by atoms with Crippen molar-refractivity contribution in [2.45, 2.75) is 85.5 Å². The highest BCUT2D eigenvalue weighted by Crippen LogP contribution is 2.53. The molecule has 0 radical (unpaired) electrons. The molecule has 23 heteroatoms. The fraction of sp³-hybridized carbons (Fsp3) is 0.463. The maximum absolute atomic E-state index is 14.3. The zero-order valence-electron chi connectivity index (χ0n) is 35.3. The van der Waals surface area contributed by atoms with Crippen LogP contribution in [-0.4, -0.2) is 125 Å². The van der Waals surface area contributed by atoms with Crippen LogP contribution in [0.4, 0.5) is 11.4 Å². The fourth-order valence-corrected chi connectivity index (χ4v) is 10.4. The van der Waals surface area contributed by atoms with Crippen LogP contribution in [0, 0.1) is 0 Å². The number of nitrogens with zero attached hydrogens (tertiary/aromatic N) is 3. The number of imide groups is 1. The van der Waals surface area contributed by atoms with Gasteiger partial charge >= 0.3 is 5.97 Å². The van der Waals surface area contributed by atoms with E-state index in [2.05, 4.69) is 0 Å². The molecule has 4 N–H and O–H groups in total. The topological polar surface area (TPSA) is 289 Å². The Hall–Kier alpha value is -5.01. The van der Waals surface area contributed by atoms with Crippen molar-refractivity contribution in [3.05, 3.63) is 82.3 Å². The van der Waals surface area contributed by atoms with E-state index < -0.39 is 92.1 Å². The third kappa shape index (κ3) is 9.52. The van der Waals surface area contributed by atoms with E-state index in [0.717, 1.165) is 0 Å². The van der Waals surface area contributed by atoms with Crippen LogP contribution in [0.3, 0.4) is 0 Å². The molecule has 2 aromatic carbocycles. The van der Waals surface area contributed by atoms with Crippen molar-refractivity contribution in [3.63, 3.8) is 0 Å². The number of benzene rings is 2. The molecule has 3 heterocycles. The van der Waals surface area contributed by atoms with Crippen molar-refractivity contribution in [1.82, 2.24) is 5.06 Å². The van der Waals surface area contributed by atoms with E-state index in [-0.39, 0.29) is 82.4 Å². The second-order valence-corrected chi connectivity index (χ2v) is 20.7. The summed E-state index contributed by atoms with van der Waals surface area (Å²) in [4.78, 5) is 58.9. The van der Waals surface area contributed by atoms with Crippen LogP contribution >= 0.6 is 0 Å². The predicted molar refractivity (Wildman–Crippen MR) is 227 cm³/mol. The van der Waals surface area contributed by atoms with Gasteiger partial charge in [0.05, 0.1) is 39.3 Å². The van der Waals surface area contributed by atoms with Crippen molar-refractivity contribution < 1.29 is 77.5 Å². The van der Waals surface area contributed by atoms with E-state index >= 15 is 0 Å².